The average molecular weight is 282 g/mol. The number of rotatable bonds is 6. The molecule has 1 N–H and O–H groups in total. The van der Waals surface area contributed by atoms with Gasteiger partial charge < -0.3 is 14.8 Å². The largest absolute Gasteiger partial charge is 0.347 e. The summed E-state index contributed by atoms with van der Waals surface area (Å²) < 4.78 is 12.0. The highest BCUT2D eigenvalue weighted by Gasteiger charge is 2.48. The van der Waals surface area contributed by atoms with Crippen molar-refractivity contribution < 1.29 is 9.47 Å². The first-order valence-corrected chi connectivity index (χ1v) is 8.55. The second-order valence-electron chi connectivity index (χ2n) is 6.55. The summed E-state index contributed by atoms with van der Waals surface area (Å²) in [5.74, 6) is -0.266. The van der Waals surface area contributed by atoms with Gasteiger partial charge in [0, 0.05) is 31.0 Å². The van der Waals surface area contributed by atoms with E-state index in [0.29, 0.717) is 12.1 Å². The third-order valence-corrected chi connectivity index (χ3v) is 5.02. The molecule has 0 aromatic heterocycles. The zero-order valence-electron chi connectivity index (χ0n) is 13.1. The van der Waals surface area contributed by atoms with Gasteiger partial charge in [-0.2, -0.15) is 0 Å². The number of hydrogen-bond donors (Lipinski definition) is 1. The average Bonchev–Trinajstić information content (AvgIpc) is 3.20. The summed E-state index contributed by atoms with van der Waals surface area (Å²) in [4.78, 5) is 2.75. The Labute approximate surface area is 123 Å². The third-order valence-electron chi connectivity index (χ3n) is 5.02. The Kier molecular flexibility index (Phi) is 4.65. The van der Waals surface area contributed by atoms with Gasteiger partial charge in [-0.05, 0) is 38.8 Å². The molecular weight excluding hydrogens is 252 g/mol. The quantitative estimate of drug-likeness (QED) is 0.809. The maximum absolute atomic E-state index is 5.99. The van der Waals surface area contributed by atoms with Gasteiger partial charge in [-0.1, -0.05) is 13.8 Å². The summed E-state index contributed by atoms with van der Waals surface area (Å²) in [5.41, 5.74) is 0. The van der Waals surface area contributed by atoms with Gasteiger partial charge in [-0.15, -0.1) is 0 Å². The van der Waals surface area contributed by atoms with E-state index >= 15 is 0 Å². The van der Waals surface area contributed by atoms with Gasteiger partial charge in [0.2, 0.25) is 0 Å². The highest BCUT2D eigenvalue weighted by atomic mass is 16.7. The number of likely N-dealkylation sites (N-methyl/N-ethyl adjacent to an activating group) is 1. The van der Waals surface area contributed by atoms with Gasteiger partial charge in [0.25, 0.3) is 0 Å². The molecule has 0 aromatic rings. The van der Waals surface area contributed by atoms with Gasteiger partial charge in [-0.3, -0.25) is 4.90 Å². The van der Waals surface area contributed by atoms with Crippen molar-refractivity contribution in [1.29, 1.82) is 0 Å². The lowest BCUT2D eigenvalue weighted by molar-refractivity contribution is -0.194. The van der Waals surface area contributed by atoms with Crippen LogP contribution in [0.2, 0.25) is 0 Å². The van der Waals surface area contributed by atoms with Crippen LogP contribution >= 0.6 is 0 Å². The van der Waals surface area contributed by atoms with E-state index in [1.165, 1.54) is 32.2 Å². The Hall–Kier alpha value is -0.160. The fourth-order valence-corrected chi connectivity index (χ4v) is 4.02. The van der Waals surface area contributed by atoms with E-state index < -0.39 is 0 Å². The number of ether oxygens (including phenoxy) is 2. The van der Waals surface area contributed by atoms with Crippen LogP contribution in [0.5, 0.6) is 0 Å². The first-order valence-electron chi connectivity index (χ1n) is 8.55. The molecule has 0 bridgehead atoms. The summed E-state index contributed by atoms with van der Waals surface area (Å²) in [6.07, 6.45) is 7.26. The van der Waals surface area contributed by atoms with Crippen LogP contribution in [0.15, 0.2) is 0 Å². The standard InChI is InChI=1S/C16H30N2O2/c1-3-9-18(13-5-6-13)15-12-16(19-10-11-20-16)8-7-14(15)17-4-2/h13-15,17H,3-12H2,1-2H3. The van der Waals surface area contributed by atoms with Crippen LogP contribution < -0.4 is 5.32 Å². The van der Waals surface area contributed by atoms with Crippen molar-refractivity contribution in [2.24, 2.45) is 0 Å². The van der Waals surface area contributed by atoms with Crippen molar-refractivity contribution in [3.05, 3.63) is 0 Å². The van der Waals surface area contributed by atoms with Gasteiger partial charge in [-0.25, -0.2) is 0 Å². The fraction of sp³-hybridized carbons (Fsp3) is 1.00. The lowest BCUT2D eigenvalue weighted by Crippen LogP contribution is -2.58. The molecule has 1 heterocycles. The van der Waals surface area contributed by atoms with Crippen LogP contribution in [-0.4, -0.2) is 55.1 Å². The van der Waals surface area contributed by atoms with Crippen molar-refractivity contribution in [2.75, 3.05) is 26.3 Å². The first-order chi connectivity index (χ1) is 9.78. The smallest absolute Gasteiger partial charge is 0.170 e. The van der Waals surface area contributed by atoms with Crippen LogP contribution in [-0.2, 0) is 9.47 Å². The molecule has 1 saturated heterocycles. The van der Waals surface area contributed by atoms with E-state index in [9.17, 15) is 0 Å². The molecule has 2 atom stereocenters. The molecule has 1 aliphatic heterocycles. The van der Waals surface area contributed by atoms with Gasteiger partial charge in [0.15, 0.2) is 5.79 Å². The molecule has 2 saturated carbocycles. The molecule has 4 nitrogen and oxygen atoms in total. The van der Waals surface area contributed by atoms with E-state index in [4.69, 9.17) is 9.47 Å². The molecule has 20 heavy (non-hydrogen) atoms. The molecule has 3 rings (SSSR count). The van der Waals surface area contributed by atoms with Gasteiger partial charge in [0.1, 0.15) is 0 Å². The van der Waals surface area contributed by atoms with Crippen molar-refractivity contribution in [1.82, 2.24) is 10.2 Å². The van der Waals surface area contributed by atoms with E-state index in [1.807, 2.05) is 0 Å². The minimum atomic E-state index is -0.266. The van der Waals surface area contributed by atoms with Crippen LogP contribution in [0.3, 0.4) is 0 Å². The Morgan fingerprint density at radius 1 is 1.15 bits per heavy atom. The topological polar surface area (TPSA) is 33.7 Å². The number of nitrogens with one attached hydrogen (secondary N) is 1. The van der Waals surface area contributed by atoms with Gasteiger partial charge in [0.05, 0.1) is 13.2 Å². The normalized spacial score (nSPS) is 33.1. The summed E-state index contributed by atoms with van der Waals surface area (Å²) in [6.45, 7) is 8.32. The molecule has 0 radical (unpaired) electrons. The Bertz CT molecular complexity index is 314. The molecule has 2 unspecified atom stereocenters. The van der Waals surface area contributed by atoms with Crippen LogP contribution in [0, 0.1) is 0 Å². The Morgan fingerprint density at radius 3 is 2.50 bits per heavy atom. The number of hydrogen-bond acceptors (Lipinski definition) is 4. The second kappa shape index (κ2) is 6.30. The lowest BCUT2D eigenvalue weighted by atomic mass is 9.84. The SMILES string of the molecule is CCCN(C1CC1)C1CC2(CCC1NCC)OCCO2. The lowest BCUT2D eigenvalue weighted by Gasteiger charge is -2.46. The highest BCUT2D eigenvalue weighted by molar-refractivity contribution is 5.00. The molecule has 4 heteroatoms. The molecule has 0 aromatic carbocycles. The predicted octanol–water partition coefficient (Wildman–Crippen LogP) is 2.13. The maximum Gasteiger partial charge on any atom is 0.170 e. The zero-order valence-corrected chi connectivity index (χ0v) is 13.1. The summed E-state index contributed by atoms with van der Waals surface area (Å²) in [6, 6.07) is 2.00. The third kappa shape index (κ3) is 3.03. The Morgan fingerprint density at radius 2 is 1.90 bits per heavy atom. The zero-order chi connectivity index (χ0) is 14.0. The van der Waals surface area contributed by atoms with Gasteiger partial charge >= 0.3 is 0 Å². The molecule has 2 aliphatic carbocycles. The number of nitrogens with zero attached hydrogens (tertiary/aromatic N) is 1. The molecule has 0 amide bonds. The highest BCUT2D eigenvalue weighted by Crippen LogP contribution is 2.41. The van der Waals surface area contributed by atoms with E-state index in [2.05, 4.69) is 24.1 Å². The van der Waals surface area contributed by atoms with E-state index in [0.717, 1.165) is 38.6 Å². The second-order valence-corrected chi connectivity index (χ2v) is 6.55. The minimum absolute atomic E-state index is 0.266. The van der Waals surface area contributed by atoms with Crippen LogP contribution in [0.25, 0.3) is 0 Å². The summed E-state index contributed by atoms with van der Waals surface area (Å²) in [5, 5.41) is 3.71. The Balaban J connectivity index is 1.73. The summed E-state index contributed by atoms with van der Waals surface area (Å²) >= 11 is 0. The van der Waals surface area contributed by atoms with E-state index in [-0.39, 0.29) is 5.79 Å². The van der Waals surface area contributed by atoms with Crippen molar-refractivity contribution in [3.8, 4) is 0 Å². The molecule has 116 valence electrons. The van der Waals surface area contributed by atoms with Crippen molar-refractivity contribution in [2.45, 2.75) is 76.3 Å². The fourth-order valence-electron chi connectivity index (χ4n) is 4.02. The molecular formula is C16H30N2O2. The molecule has 1 spiro atoms. The first kappa shape index (κ1) is 14.8. The van der Waals surface area contributed by atoms with E-state index in [1.54, 1.807) is 0 Å². The van der Waals surface area contributed by atoms with Crippen molar-refractivity contribution >= 4 is 0 Å². The predicted molar refractivity (Wildman–Crippen MR) is 79.8 cm³/mol. The molecule has 3 fully saturated rings. The minimum Gasteiger partial charge on any atom is -0.347 e. The van der Waals surface area contributed by atoms with Crippen LogP contribution in [0.1, 0.15) is 52.4 Å². The monoisotopic (exact) mass is 282 g/mol. The van der Waals surface area contributed by atoms with Crippen LogP contribution in [0.4, 0.5) is 0 Å². The van der Waals surface area contributed by atoms with Crippen molar-refractivity contribution in [3.63, 3.8) is 0 Å². The maximum atomic E-state index is 5.99. The summed E-state index contributed by atoms with van der Waals surface area (Å²) in [7, 11) is 0. The molecule has 3 aliphatic rings.